The number of nitrogens with two attached hydrogens (primary N) is 1. The minimum atomic E-state index is -0.305. The first-order chi connectivity index (χ1) is 9.49. The van der Waals surface area contributed by atoms with Crippen LogP contribution in [0.3, 0.4) is 0 Å². The molecule has 0 heterocycles. The molecule has 0 aromatic heterocycles. The van der Waals surface area contributed by atoms with E-state index in [9.17, 15) is 4.39 Å². The molecule has 5 heteroatoms. The average Bonchev–Trinajstić information content (AvgIpc) is 2.42. The Bertz CT molecular complexity index is 646. The molecule has 104 valence electrons. The molecule has 0 aliphatic rings. The summed E-state index contributed by atoms with van der Waals surface area (Å²) in [5, 5.41) is 0.533. The van der Waals surface area contributed by atoms with Crippen LogP contribution in [0, 0.1) is 5.82 Å². The third-order valence-electron chi connectivity index (χ3n) is 3.00. The highest BCUT2D eigenvalue weighted by Crippen LogP contribution is 2.24. The van der Waals surface area contributed by atoms with Gasteiger partial charge in [-0.25, -0.2) is 4.39 Å². The van der Waals surface area contributed by atoms with Gasteiger partial charge in [-0.2, -0.15) is 0 Å². The average molecular weight is 309 g/mol. The molecule has 20 heavy (non-hydrogen) atoms. The molecule has 2 nitrogen and oxygen atoms in total. The summed E-state index contributed by atoms with van der Waals surface area (Å²) < 4.78 is 13.3. The lowest BCUT2D eigenvalue weighted by molar-refractivity contribution is 0.625. The van der Waals surface area contributed by atoms with Crippen molar-refractivity contribution < 1.29 is 4.39 Å². The minimum Gasteiger partial charge on any atom is -0.389 e. The van der Waals surface area contributed by atoms with E-state index in [0.717, 1.165) is 11.3 Å². The topological polar surface area (TPSA) is 29.3 Å². The number of halogens is 2. The van der Waals surface area contributed by atoms with Gasteiger partial charge in [-0.1, -0.05) is 36.0 Å². The van der Waals surface area contributed by atoms with Crippen molar-refractivity contribution in [2.45, 2.75) is 6.54 Å². The van der Waals surface area contributed by atoms with Gasteiger partial charge in [0.15, 0.2) is 0 Å². The molecule has 0 amide bonds. The molecular formula is C15H14ClFN2S. The van der Waals surface area contributed by atoms with Gasteiger partial charge in [-0.05, 0) is 35.9 Å². The van der Waals surface area contributed by atoms with E-state index in [2.05, 4.69) is 0 Å². The molecule has 0 aliphatic heterocycles. The van der Waals surface area contributed by atoms with Crippen LogP contribution in [0.5, 0.6) is 0 Å². The Hall–Kier alpha value is -1.65. The van der Waals surface area contributed by atoms with Gasteiger partial charge in [-0.3, -0.25) is 0 Å². The highest BCUT2D eigenvalue weighted by atomic mass is 35.5. The van der Waals surface area contributed by atoms with E-state index in [0.29, 0.717) is 22.1 Å². The molecule has 2 aromatic carbocycles. The molecular weight excluding hydrogens is 295 g/mol. The van der Waals surface area contributed by atoms with Crippen LogP contribution in [0.1, 0.15) is 11.1 Å². The summed E-state index contributed by atoms with van der Waals surface area (Å²) in [5.74, 6) is -0.305. The summed E-state index contributed by atoms with van der Waals surface area (Å²) in [5.41, 5.74) is 8.11. The van der Waals surface area contributed by atoms with E-state index in [4.69, 9.17) is 29.6 Å². The normalized spacial score (nSPS) is 10.3. The summed E-state index contributed by atoms with van der Waals surface area (Å²) in [6, 6.07) is 11.9. The molecule has 0 atom stereocenters. The summed E-state index contributed by atoms with van der Waals surface area (Å²) in [4.78, 5) is 2.27. The predicted molar refractivity (Wildman–Crippen MR) is 85.8 cm³/mol. The van der Waals surface area contributed by atoms with Crippen LogP contribution in [-0.4, -0.2) is 12.0 Å². The number of para-hydroxylation sites is 1. The van der Waals surface area contributed by atoms with Crippen molar-refractivity contribution in [3.05, 3.63) is 64.4 Å². The van der Waals surface area contributed by atoms with Crippen LogP contribution in [-0.2, 0) is 6.54 Å². The Morgan fingerprint density at radius 3 is 2.70 bits per heavy atom. The largest absolute Gasteiger partial charge is 0.389 e. The zero-order valence-corrected chi connectivity index (χ0v) is 12.5. The highest BCUT2D eigenvalue weighted by molar-refractivity contribution is 7.80. The van der Waals surface area contributed by atoms with Crippen molar-refractivity contribution >= 4 is 34.5 Å². The Morgan fingerprint density at radius 1 is 1.30 bits per heavy atom. The van der Waals surface area contributed by atoms with E-state index < -0.39 is 0 Å². The van der Waals surface area contributed by atoms with Crippen molar-refractivity contribution in [2.24, 2.45) is 5.73 Å². The van der Waals surface area contributed by atoms with Crippen molar-refractivity contribution in [1.82, 2.24) is 0 Å². The van der Waals surface area contributed by atoms with Crippen molar-refractivity contribution in [1.29, 1.82) is 0 Å². The fraction of sp³-hybridized carbons (Fsp3) is 0.133. The van der Waals surface area contributed by atoms with Crippen molar-refractivity contribution in [3.8, 4) is 0 Å². The van der Waals surface area contributed by atoms with Crippen LogP contribution < -0.4 is 10.6 Å². The molecule has 0 saturated heterocycles. The standard InChI is InChI=1S/C15H14ClFN2S/c1-19(9-10-8-11(17)6-7-13(10)16)14-5-3-2-4-12(14)15(18)20/h2-8H,9H2,1H3,(H2,18,20). The summed E-state index contributed by atoms with van der Waals surface area (Å²) >= 11 is 11.1. The highest BCUT2D eigenvalue weighted by Gasteiger charge is 2.11. The van der Waals surface area contributed by atoms with E-state index in [1.807, 2.05) is 36.2 Å². The lowest BCUT2D eigenvalue weighted by atomic mass is 10.1. The molecule has 2 aromatic rings. The first-order valence-corrected chi connectivity index (χ1v) is 6.81. The number of rotatable bonds is 4. The van der Waals surface area contributed by atoms with Gasteiger partial charge < -0.3 is 10.6 Å². The smallest absolute Gasteiger partial charge is 0.123 e. The van der Waals surface area contributed by atoms with E-state index in [-0.39, 0.29) is 5.82 Å². The molecule has 0 unspecified atom stereocenters. The predicted octanol–water partition coefficient (Wildman–Crippen LogP) is 3.75. The van der Waals surface area contributed by atoms with Gasteiger partial charge >= 0.3 is 0 Å². The summed E-state index contributed by atoms with van der Waals surface area (Å²) in [7, 11) is 1.89. The zero-order valence-electron chi connectivity index (χ0n) is 10.9. The first-order valence-electron chi connectivity index (χ1n) is 6.03. The van der Waals surface area contributed by atoms with Crippen LogP contribution in [0.15, 0.2) is 42.5 Å². The number of thiocarbonyl (C=S) groups is 1. The quantitative estimate of drug-likeness (QED) is 0.872. The zero-order chi connectivity index (χ0) is 14.7. The number of hydrogen-bond acceptors (Lipinski definition) is 2. The van der Waals surface area contributed by atoms with Crippen molar-refractivity contribution in [3.63, 3.8) is 0 Å². The molecule has 0 saturated carbocycles. The Kier molecular flexibility index (Phi) is 4.57. The second-order valence-electron chi connectivity index (χ2n) is 4.47. The van der Waals surface area contributed by atoms with Gasteiger partial charge in [0.2, 0.25) is 0 Å². The van der Waals surface area contributed by atoms with Crippen LogP contribution >= 0.6 is 23.8 Å². The summed E-state index contributed by atoms with van der Waals surface area (Å²) in [6.45, 7) is 0.468. The van der Waals surface area contributed by atoms with Crippen LogP contribution in [0.4, 0.5) is 10.1 Å². The minimum absolute atomic E-state index is 0.305. The van der Waals surface area contributed by atoms with Gasteiger partial charge in [0.25, 0.3) is 0 Å². The second kappa shape index (κ2) is 6.20. The van der Waals surface area contributed by atoms with Crippen LogP contribution in [0.25, 0.3) is 0 Å². The maximum Gasteiger partial charge on any atom is 0.123 e. The molecule has 0 spiro atoms. The number of hydrogen-bond donors (Lipinski definition) is 1. The molecule has 2 N–H and O–H groups in total. The molecule has 0 aliphatic carbocycles. The fourth-order valence-electron chi connectivity index (χ4n) is 2.02. The van der Waals surface area contributed by atoms with Gasteiger partial charge in [0, 0.05) is 29.9 Å². The first kappa shape index (κ1) is 14.8. The molecule has 2 rings (SSSR count). The maximum atomic E-state index is 13.3. The SMILES string of the molecule is CN(Cc1cc(F)ccc1Cl)c1ccccc1C(N)=S. The monoisotopic (exact) mass is 308 g/mol. The van der Waals surface area contributed by atoms with E-state index in [1.54, 1.807) is 6.07 Å². The number of anilines is 1. The summed E-state index contributed by atoms with van der Waals surface area (Å²) in [6.07, 6.45) is 0. The maximum absolute atomic E-state index is 13.3. The van der Waals surface area contributed by atoms with Crippen molar-refractivity contribution in [2.75, 3.05) is 11.9 Å². The second-order valence-corrected chi connectivity index (χ2v) is 5.32. The van der Waals surface area contributed by atoms with Gasteiger partial charge in [-0.15, -0.1) is 0 Å². The van der Waals surface area contributed by atoms with Gasteiger partial charge in [0.1, 0.15) is 10.8 Å². The Labute approximate surface area is 128 Å². The molecule has 0 radical (unpaired) electrons. The fourth-order valence-corrected chi connectivity index (χ4v) is 2.37. The lowest BCUT2D eigenvalue weighted by Crippen LogP contribution is -2.21. The Morgan fingerprint density at radius 2 is 2.00 bits per heavy atom. The third-order valence-corrected chi connectivity index (χ3v) is 3.58. The molecule has 0 fully saturated rings. The number of nitrogens with zero attached hydrogens (tertiary/aromatic N) is 1. The Balaban J connectivity index is 2.31. The lowest BCUT2D eigenvalue weighted by Gasteiger charge is -2.22. The van der Waals surface area contributed by atoms with E-state index in [1.165, 1.54) is 12.1 Å². The van der Waals surface area contributed by atoms with E-state index >= 15 is 0 Å². The van der Waals surface area contributed by atoms with Gasteiger partial charge in [0.05, 0.1) is 0 Å². The molecule has 0 bridgehead atoms. The third kappa shape index (κ3) is 3.26. The van der Waals surface area contributed by atoms with Crippen LogP contribution in [0.2, 0.25) is 5.02 Å². The number of benzene rings is 2.